The Hall–Kier alpha value is -0.340. The molecule has 2 aliphatic carbocycles. The fraction of sp³-hybridized carbons (Fsp3) is 0.846. The van der Waals surface area contributed by atoms with Crippen LogP contribution in [0.2, 0.25) is 0 Å². The second kappa shape index (κ2) is 3.33. The molecule has 0 unspecified atom stereocenters. The van der Waals surface area contributed by atoms with Crippen molar-refractivity contribution in [2.45, 2.75) is 57.7 Å². The van der Waals surface area contributed by atoms with Crippen molar-refractivity contribution in [3.8, 4) is 0 Å². The summed E-state index contributed by atoms with van der Waals surface area (Å²) in [6.07, 6.45) is 4.45. The molecule has 0 amide bonds. The van der Waals surface area contributed by atoms with E-state index in [1.54, 1.807) is 0 Å². The Labute approximate surface area is 92.0 Å². The third-order valence-corrected chi connectivity index (χ3v) is 4.83. The lowest BCUT2D eigenvalue weighted by molar-refractivity contribution is -0.152. The predicted octanol–water partition coefficient (Wildman–Crippen LogP) is 2.25. The van der Waals surface area contributed by atoms with Gasteiger partial charge < -0.3 is 10.2 Å². The predicted molar refractivity (Wildman–Crippen MR) is 60.5 cm³/mol. The van der Waals surface area contributed by atoms with Gasteiger partial charge in [0.2, 0.25) is 0 Å². The fourth-order valence-corrected chi connectivity index (χ4v) is 3.47. The molecule has 2 aliphatic rings. The lowest BCUT2D eigenvalue weighted by Gasteiger charge is -2.56. The van der Waals surface area contributed by atoms with E-state index in [9.17, 15) is 10.2 Å². The molecule has 2 nitrogen and oxygen atoms in total. The Kier molecular flexibility index (Phi) is 2.47. The van der Waals surface area contributed by atoms with Crippen molar-refractivity contribution in [3.63, 3.8) is 0 Å². The van der Waals surface area contributed by atoms with E-state index in [4.69, 9.17) is 0 Å². The normalized spacial score (nSPS) is 44.9. The van der Waals surface area contributed by atoms with Crippen LogP contribution in [0.15, 0.2) is 12.2 Å². The third-order valence-electron chi connectivity index (χ3n) is 4.83. The first-order valence-corrected chi connectivity index (χ1v) is 5.99. The Morgan fingerprint density at radius 2 is 2.00 bits per heavy atom. The Morgan fingerprint density at radius 1 is 1.33 bits per heavy atom. The summed E-state index contributed by atoms with van der Waals surface area (Å²) in [5.41, 5.74) is -0.180. The van der Waals surface area contributed by atoms with Gasteiger partial charge in [-0.25, -0.2) is 0 Å². The van der Waals surface area contributed by atoms with E-state index in [1.165, 1.54) is 6.42 Å². The zero-order chi connectivity index (χ0) is 11.3. The second-order valence-corrected chi connectivity index (χ2v) is 5.77. The summed E-state index contributed by atoms with van der Waals surface area (Å²) in [5.74, 6) is 0.252. The molecule has 0 saturated heterocycles. The first-order valence-electron chi connectivity index (χ1n) is 5.99. The van der Waals surface area contributed by atoms with Crippen molar-refractivity contribution in [1.29, 1.82) is 0 Å². The molecule has 2 fully saturated rings. The first-order chi connectivity index (χ1) is 6.89. The van der Waals surface area contributed by atoms with Crippen LogP contribution in [-0.2, 0) is 0 Å². The molecule has 2 saturated carbocycles. The van der Waals surface area contributed by atoms with Crippen LogP contribution in [-0.4, -0.2) is 21.9 Å². The lowest BCUT2D eigenvalue weighted by Crippen LogP contribution is -2.58. The van der Waals surface area contributed by atoms with Gasteiger partial charge in [-0.2, -0.15) is 0 Å². The van der Waals surface area contributed by atoms with Gasteiger partial charge in [0.15, 0.2) is 0 Å². The van der Waals surface area contributed by atoms with E-state index in [0.717, 1.165) is 24.8 Å². The summed E-state index contributed by atoms with van der Waals surface area (Å²) in [6, 6.07) is 0. The average Bonchev–Trinajstić information content (AvgIpc) is 2.18. The number of fused-ring (bicyclic) bond motifs is 1. The van der Waals surface area contributed by atoms with Gasteiger partial charge in [-0.3, -0.25) is 0 Å². The maximum Gasteiger partial charge on any atom is 0.0765 e. The highest BCUT2D eigenvalue weighted by molar-refractivity contribution is 5.25. The van der Waals surface area contributed by atoms with E-state index in [0.29, 0.717) is 6.42 Å². The van der Waals surface area contributed by atoms with E-state index in [2.05, 4.69) is 6.58 Å². The minimum atomic E-state index is -0.637. The van der Waals surface area contributed by atoms with Gasteiger partial charge in [-0.05, 0) is 30.8 Å². The first kappa shape index (κ1) is 11.2. The minimum absolute atomic E-state index is 0.252. The molecule has 0 aromatic carbocycles. The zero-order valence-corrected chi connectivity index (χ0v) is 9.79. The number of aliphatic hydroxyl groups excluding tert-OH is 1. The topological polar surface area (TPSA) is 40.5 Å². The van der Waals surface area contributed by atoms with Gasteiger partial charge in [0.05, 0.1) is 11.7 Å². The molecule has 0 spiro atoms. The summed E-state index contributed by atoms with van der Waals surface area (Å²) in [7, 11) is 0. The summed E-state index contributed by atoms with van der Waals surface area (Å²) in [4.78, 5) is 0. The highest BCUT2D eigenvalue weighted by atomic mass is 16.3. The quantitative estimate of drug-likeness (QED) is 0.602. The van der Waals surface area contributed by atoms with Crippen LogP contribution in [0.25, 0.3) is 0 Å². The van der Waals surface area contributed by atoms with Gasteiger partial charge in [-0.1, -0.05) is 33.3 Å². The van der Waals surface area contributed by atoms with Crippen molar-refractivity contribution in [2.75, 3.05) is 0 Å². The van der Waals surface area contributed by atoms with Crippen molar-refractivity contribution < 1.29 is 10.2 Å². The highest BCUT2D eigenvalue weighted by Crippen LogP contribution is 2.55. The SMILES string of the molecule is C=C1[C@@H](O)C[C@H]2CCCC[C@]2(O)C1(C)C. The van der Waals surface area contributed by atoms with Crippen LogP contribution in [0, 0.1) is 11.3 Å². The minimum Gasteiger partial charge on any atom is -0.389 e. The summed E-state index contributed by atoms with van der Waals surface area (Å²) in [6.45, 7) is 8.02. The summed E-state index contributed by atoms with van der Waals surface area (Å²) >= 11 is 0. The van der Waals surface area contributed by atoms with E-state index in [1.807, 2.05) is 13.8 Å². The Morgan fingerprint density at radius 3 is 2.67 bits per heavy atom. The molecule has 0 aromatic heterocycles. The summed E-state index contributed by atoms with van der Waals surface area (Å²) < 4.78 is 0. The second-order valence-electron chi connectivity index (χ2n) is 5.77. The number of hydrogen-bond donors (Lipinski definition) is 2. The van der Waals surface area contributed by atoms with E-state index < -0.39 is 11.7 Å². The molecule has 0 heterocycles. The number of rotatable bonds is 0. The molecule has 15 heavy (non-hydrogen) atoms. The molecule has 0 bridgehead atoms. The van der Waals surface area contributed by atoms with Crippen LogP contribution in [0.4, 0.5) is 0 Å². The van der Waals surface area contributed by atoms with Crippen LogP contribution in [0.5, 0.6) is 0 Å². The van der Waals surface area contributed by atoms with Crippen LogP contribution < -0.4 is 0 Å². The van der Waals surface area contributed by atoms with Crippen LogP contribution in [0.1, 0.15) is 46.0 Å². The number of aliphatic hydroxyl groups is 2. The van der Waals surface area contributed by atoms with Gasteiger partial charge in [0.1, 0.15) is 0 Å². The van der Waals surface area contributed by atoms with Crippen molar-refractivity contribution >= 4 is 0 Å². The van der Waals surface area contributed by atoms with Crippen LogP contribution in [0.3, 0.4) is 0 Å². The maximum atomic E-state index is 10.8. The zero-order valence-electron chi connectivity index (χ0n) is 9.79. The van der Waals surface area contributed by atoms with E-state index >= 15 is 0 Å². The van der Waals surface area contributed by atoms with Crippen LogP contribution >= 0.6 is 0 Å². The third kappa shape index (κ3) is 1.38. The molecule has 2 rings (SSSR count). The van der Waals surface area contributed by atoms with E-state index in [-0.39, 0.29) is 11.3 Å². The largest absolute Gasteiger partial charge is 0.389 e. The molecule has 3 atom stereocenters. The summed E-state index contributed by atoms with van der Waals surface area (Å²) in [5, 5.41) is 20.8. The van der Waals surface area contributed by atoms with Crippen molar-refractivity contribution in [3.05, 3.63) is 12.2 Å². The molecular weight excluding hydrogens is 188 g/mol. The maximum absolute atomic E-state index is 10.8. The monoisotopic (exact) mass is 210 g/mol. The molecule has 0 aromatic rings. The fourth-order valence-electron chi connectivity index (χ4n) is 3.47. The molecule has 0 aliphatic heterocycles. The van der Waals surface area contributed by atoms with Crippen molar-refractivity contribution in [2.24, 2.45) is 11.3 Å². The van der Waals surface area contributed by atoms with Gasteiger partial charge >= 0.3 is 0 Å². The van der Waals surface area contributed by atoms with Gasteiger partial charge in [-0.15, -0.1) is 0 Å². The molecular formula is C13H22O2. The molecule has 0 radical (unpaired) electrons. The molecule has 2 N–H and O–H groups in total. The van der Waals surface area contributed by atoms with Gasteiger partial charge in [0.25, 0.3) is 0 Å². The number of hydrogen-bond acceptors (Lipinski definition) is 2. The van der Waals surface area contributed by atoms with Crippen molar-refractivity contribution in [1.82, 2.24) is 0 Å². The molecule has 2 heteroatoms. The smallest absolute Gasteiger partial charge is 0.0765 e. The standard InChI is InChI=1S/C13H22O2/c1-9-11(14)8-10-6-4-5-7-13(10,15)12(9,2)3/h10-11,14-15H,1,4-8H2,2-3H3/t10-,11+,13-/m1/s1. The lowest BCUT2D eigenvalue weighted by atomic mass is 9.53. The molecule has 86 valence electrons. The average molecular weight is 210 g/mol. The Bertz CT molecular complexity index is 282. The van der Waals surface area contributed by atoms with Gasteiger partial charge in [0, 0.05) is 5.41 Å². The Balaban J connectivity index is 2.37. The highest BCUT2D eigenvalue weighted by Gasteiger charge is 2.55.